The van der Waals surface area contributed by atoms with E-state index < -0.39 is 12.3 Å². The number of nitrogens with zero attached hydrogens (tertiary/aromatic N) is 3. The van der Waals surface area contributed by atoms with Crippen molar-refractivity contribution in [2.45, 2.75) is 75.3 Å². The second-order valence-electron chi connectivity index (χ2n) is 11.4. The lowest BCUT2D eigenvalue weighted by Crippen LogP contribution is -2.31. The van der Waals surface area contributed by atoms with Crippen LogP contribution in [0.5, 0.6) is 0 Å². The molecule has 0 saturated carbocycles. The van der Waals surface area contributed by atoms with Crippen LogP contribution in [0, 0.1) is 0 Å². The number of hydrogen-bond donors (Lipinski definition) is 3. The molecule has 0 radical (unpaired) electrons. The normalized spacial score (nSPS) is 17.9. The van der Waals surface area contributed by atoms with Crippen LogP contribution in [0.25, 0.3) is 11.1 Å². The number of carbonyl (C=O) groups is 2. The van der Waals surface area contributed by atoms with Gasteiger partial charge < -0.3 is 29.6 Å². The lowest BCUT2D eigenvalue weighted by molar-refractivity contribution is -0.245. The third-order valence-electron chi connectivity index (χ3n) is 7.89. The topological polar surface area (TPSA) is 136 Å². The molecule has 242 valence electrons. The van der Waals surface area contributed by atoms with Crippen molar-refractivity contribution in [3.63, 3.8) is 0 Å². The summed E-state index contributed by atoms with van der Waals surface area (Å²) in [7, 11) is 1.92. The Hall–Kier alpha value is -4.03. The van der Waals surface area contributed by atoms with Gasteiger partial charge >= 0.3 is 5.97 Å². The highest BCUT2D eigenvalue weighted by atomic mass is 32.2. The van der Waals surface area contributed by atoms with Crippen molar-refractivity contribution in [1.82, 2.24) is 20.1 Å². The molecule has 11 heteroatoms. The Morgan fingerprint density at radius 1 is 0.935 bits per heavy atom. The molecule has 5 rings (SSSR count). The fraction of sp³-hybridized carbons (Fsp3) is 0.371. The average Bonchev–Trinajstić information content (AvgIpc) is 3.50. The maximum atomic E-state index is 12.3. The summed E-state index contributed by atoms with van der Waals surface area (Å²) in [4.78, 5) is 23.0. The average molecular weight is 645 g/mol. The van der Waals surface area contributed by atoms with Gasteiger partial charge in [0.1, 0.15) is 6.33 Å². The molecule has 2 heterocycles. The molecule has 46 heavy (non-hydrogen) atoms. The Morgan fingerprint density at radius 3 is 2.43 bits per heavy atom. The van der Waals surface area contributed by atoms with Crippen LogP contribution in [0.1, 0.15) is 73.2 Å². The maximum absolute atomic E-state index is 12.3. The van der Waals surface area contributed by atoms with Gasteiger partial charge in [-0.3, -0.25) is 9.59 Å². The number of rotatable bonds is 15. The number of aryl methyl sites for hydroxylation is 1. The Labute approximate surface area is 273 Å². The van der Waals surface area contributed by atoms with Crippen LogP contribution in [0.2, 0.25) is 0 Å². The largest absolute Gasteiger partial charge is 0.481 e. The first kappa shape index (κ1) is 33.3. The van der Waals surface area contributed by atoms with Gasteiger partial charge in [0.15, 0.2) is 11.4 Å². The smallest absolute Gasteiger partial charge is 0.303 e. The van der Waals surface area contributed by atoms with Gasteiger partial charge in [-0.15, -0.1) is 10.2 Å². The second-order valence-corrected chi connectivity index (χ2v) is 12.4. The number of ether oxygens (including phenoxy) is 2. The molecule has 1 saturated heterocycles. The molecule has 1 aliphatic rings. The predicted octanol–water partition coefficient (Wildman–Crippen LogP) is 5.96. The maximum Gasteiger partial charge on any atom is 0.303 e. The number of thioether (sulfide) groups is 1. The van der Waals surface area contributed by atoms with Crippen LogP contribution in [0.3, 0.4) is 0 Å². The lowest BCUT2D eigenvalue weighted by atomic mass is 9.99. The molecule has 3 unspecified atom stereocenters. The standard InChI is InChI=1S/C35H40N4O6S/c1-39-23-37-38-35(39)46-22-30-19-31(26-15-13-24(21-40)14-16-26)45-34(44-30)29-10-6-9-28(18-29)27-8-5-7-25(17-27)20-36-32(41)11-3-2-4-12-33(42)43/h5-10,13-18,23,30-31,34,40H,2-4,11-12,19-22H2,1H3,(H,36,41)(H,42,43). The summed E-state index contributed by atoms with van der Waals surface area (Å²) in [6.45, 7) is 0.406. The number of aliphatic carboxylic acids is 1. The van der Waals surface area contributed by atoms with Crippen LogP contribution in [0.15, 0.2) is 84.3 Å². The van der Waals surface area contributed by atoms with Crippen molar-refractivity contribution in [2.75, 3.05) is 5.75 Å². The van der Waals surface area contributed by atoms with E-state index in [2.05, 4.69) is 27.6 Å². The van der Waals surface area contributed by atoms with Crippen LogP contribution in [0.4, 0.5) is 0 Å². The number of aliphatic hydroxyl groups excluding tert-OH is 1. The van der Waals surface area contributed by atoms with Crippen molar-refractivity contribution >= 4 is 23.6 Å². The predicted molar refractivity (Wildman–Crippen MR) is 175 cm³/mol. The molecular formula is C35H40N4O6S. The Balaban J connectivity index is 1.26. The Bertz CT molecular complexity index is 1590. The van der Waals surface area contributed by atoms with E-state index in [0.717, 1.165) is 45.0 Å². The van der Waals surface area contributed by atoms with Crippen LogP contribution >= 0.6 is 11.8 Å². The molecule has 1 aliphatic heterocycles. The molecule has 0 aliphatic carbocycles. The summed E-state index contributed by atoms with van der Waals surface area (Å²) < 4.78 is 15.0. The van der Waals surface area contributed by atoms with Gasteiger partial charge in [0.25, 0.3) is 0 Å². The van der Waals surface area contributed by atoms with E-state index in [-0.39, 0.29) is 31.1 Å². The zero-order valence-corrected chi connectivity index (χ0v) is 26.7. The molecule has 4 aromatic rings. The third-order valence-corrected chi connectivity index (χ3v) is 9.05. The van der Waals surface area contributed by atoms with Crippen molar-refractivity contribution in [1.29, 1.82) is 0 Å². The highest BCUT2D eigenvalue weighted by molar-refractivity contribution is 7.99. The van der Waals surface area contributed by atoms with Gasteiger partial charge in [0, 0.05) is 44.2 Å². The van der Waals surface area contributed by atoms with E-state index in [1.165, 1.54) is 0 Å². The molecule has 3 N–H and O–H groups in total. The minimum atomic E-state index is -0.805. The van der Waals surface area contributed by atoms with E-state index in [1.54, 1.807) is 18.1 Å². The molecule has 1 aromatic heterocycles. The minimum absolute atomic E-state index is 0.00888. The SMILES string of the molecule is Cn1cnnc1SCC1CC(c2ccc(CO)cc2)OC(c2cccc(-c3cccc(CNC(=O)CCCCCC(=O)O)c3)c2)O1. The first-order valence-corrected chi connectivity index (χ1v) is 16.5. The molecule has 0 spiro atoms. The first-order chi connectivity index (χ1) is 22.4. The summed E-state index contributed by atoms with van der Waals surface area (Å²) in [5.74, 6) is -0.157. The molecule has 1 fully saturated rings. The van der Waals surface area contributed by atoms with Gasteiger partial charge in [0.05, 0.1) is 18.8 Å². The van der Waals surface area contributed by atoms with Gasteiger partial charge in [-0.1, -0.05) is 78.8 Å². The Kier molecular flexibility index (Phi) is 12.0. The molecule has 0 bridgehead atoms. The third kappa shape index (κ3) is 9.49. The number of carboxylic acid groups (broad SMARTS) is 1. The van der Waals surface area contributed by atoms with E-state index in [4.69, 9.17) is 14.6 Å². The highest BCUT2D eigenvalue weighted by Crippen LogP contribution is 2.40. The van der Waals surface area contributed by atoms with Gasteiger partial charge in [0.2, 0.25) is 5.91 Å². The summed E-state index contributed by atoms with van der Waals surface area (Å²) in [5.41, 5.74) is 5.80. The van der Waals surface area contributed by atoms with E-state index in [9.17, 15) is 14.7 Å². The fourth-order valence-electron chi connectivity index (χ4n) is 5.35. The molecule has 10 nitrogen and oxygen atoms in total. The van der Waals surface area contributed by atoms with Gasteiger partial charge in [-0.2, -0.15) is 0 Å². The molecule has 3 atom stereocenters. The van der Waals surface area contributed by atoms with Crippen molar-refractivity contribution in [2.24, 2.45) is 7.05 Å². The summed E-state index contributed by atoms with van der Waals surface area (Å²) >= 11 is 1.60. The summed E-state index contributed by atoms with van der Waals surface area (Å²) in [6, 6.07) is 24.1. The molecule has 3 aromatic carbocycles. The number of aliphatic hydroxyl groups is 1. The fourth-order valence-corrected chi connectivity index (χ4v) is 6.25. The van der Waals surface area contributed by atoms with Crippen molar-refractivity contribution in [3.05, 3.63) is 101 Å². The minimum Gasteiger partial charge on any atom is -0.481 e. The number of carboxylic acids is 1. The van der Waals surface area contributed by atoms with Gasteiger partial charge in [-0.25, -0.2) is 0 Å². The van der Waals surface area contributed by atoms with Crippen LogP contribution in [-0.4, -0.2) is 48.7 Å². The monoisotopic (exact) mass is 644 g/mol. The zero-order chi connectivity index (χ0) is 32.3. The zero-order valence-electron chi connectivity index (χ0n) is 25.9. The van der Waals surface area contributed by atoms with E-state index in [1.807, 2.05) is 72.3 Å². The Morgan fingerprint density at radius 2 is 1.70 bits per heavy atom. The highest BCUT2D eigenvalue weighted by Gasteiger charge is 2.32. The summed E-state index contributed by atoms with van der Waals surface area (Å²) in [5, 5.41) is 30.2. The molecule has 1 amide bonds. The number of aromatic nitrogens is 3. The van der Waals surface area contributed by atoms with Crippen molar-refractivity contribution < 1.29 is 29.3 Å². The second kappa shape index (κ2) is 16.5. The first-order valence-electron chi connectivity index (χ1n) is 15.5. The number of unbranched alkanes of at least 4 members (excludes halogenated alkanes) is 2. The lowest BCUT2D eigenvalue weighted by Gasteiger charge is -2.36. The van der Waals surface area contributed by atoms with Crippen LogP contribution < -0.4 is 5.32 Å². The number of hydrogen-bond acceptors (Lipinski definition) is 8. The van der Waals surface area contributed by atoms with Gasteiger partial charge in [-0.05, 0) is 52.8 Å². The number of amides is 1. The summed E-state index contributed by atoms with van der Waals surface area (Å²) in [6.07, 6.45) is 3.98. The van der Waals surface area contributed by atoms with Crippen molar-refractivity contribution in [3.8, 4) is 11.1 Å². The number of nitrogens with one attached hydrogen (secondary N) is 1. The molecular weight excluding hydrogens is 604 g/mol. The number of carbonyl (C=O) groups excluding carboxylic acids is 1. The van der Waals surface area contributed by atoms with Crippen LogP contribution in [-0.2, 0) is 39.3 Å². The number of benzene rings is 3. The van der Waals surface area contributed by atoms with E-state index >= 15 is 0 Å². The quantitative estimate of drug-likeness (QED) is 0.106. The van der Waals surface area contributed by atoms with E-state index in [0.29, 0.717) is 38.0 Å².